The molecule has 2 N–H and O–H groups in total. The minimum absolute atomic E-state index is 0.127. The Balaban J connectivity index is 2.20. The first-order valence-electron chi connectivity index (χ1n) is 6.88. The minimum atomic E-state index is -0.127. The lowest BCUT2D eigenvalue weighted by Crippen LogP contribution is -2.15. The summed E-state index contributed by atoms with van der Waals surface area (Å²) >= 11 is 1.61. The zero-order chi connectivity index (χ0) is 15.1. The van der Waals surface area contributed by atoms with Gasteiger partial charge in [0.15, 0.2) is 0 Å². The highest BCUT2D eigenvalue weighted by Gasteiger charge is 2.12. The maximum Gasteiger partial charge on any atom is 0.257 e. The molecule has 0 aliphatic heterocycles. The number of para-hydroxylation sites is 1. The molecule has 0 aliphatic carbocycles. The van der Waals surface area contributed by atoms with Crippen LogP contribution in [0.4, 0.5) is 11.4 Å². The molecular weight excluding hydrogens is 282 g/mol. The number of hydrogen-bond donors (Lipinski definition) is 2. The second kappa shape index (κ2) is 7.69. The number of carbonyl (C=O) groups is 1. The maximum atomic E-state index is 12.5. The minimum Gasteiger partial charge on any atom is -0.383 e. The van der Waals surface area contributed by atoms with E-state index < -0.39 is 0 Å². The molecule has 1 amide bonds. The molecule has 1 heterocycles. The van der Waals surface area contributed by atoms with Crippen LogP contribution in [-0.2, 0) is 0 Å². The summed E-state index contributed by atoms with van der Waals surface area (Å²) in [6.07, 6.45) is 6.30. The van der Waals surface area contributed by atoms with E-state index in [9.17, 15) is 4.79 Å². The molecule has 0 spiro atoms. The van der Waals surface area contributed by atoms with Gasteiger partial charge in [-0.2, -0.15) is 0 Å². The van der Waals surface area contributed by atoms with Crippen LogP contribution in [-0.4, -0.2) is 23.7 Å². The number of nitrogens with one attached hydrogen (secondary N) is 2. The number of aromatic nitrogens is 1. The summed E-state index contributed by atoms with van der Waals surface area (Å²) in [5.74, 6) is -0.127. The molecule has 0 fully saturated rings. The Morgan fingerprint density at radius 3 is 2.81 bits per heavy atom. The van der Waals surface area contributed by atoms with Crippen molar-refractivity contribution in [1.29, 1.82) is 0 Å². The van der Waals surface area contributed by atoms with Crippen LogP contribution in [0.25, 0.3) is 0 Å². The summed E-state index contributed by atoms with van der Waals surface area (Å²) in [7, 11) is 0. The predicted octanol–water partition coefficient (Wildman–Crippen LogP) is 3.88. The van der Waals surface area contributed by atoms with Gasteiger partial charge in [-0.1, -0.05) is 19.1 Å². The molecule has 0 unspecified atom stereocenters. The lowest BCUT2D eigenvalue weighted by Gasteiger charge is -2.12. The van der Waals surface area contributed by atoms with E-state index in [-0.39, 0.29) is 5.91 Å². The second-order valence-electron chi connectivity index (χ2n) is 4.50. The third-order valence-electron chi connectivity index (χ3n) is 2.99. The van der Waals surface area contributed by atoms with Gasteiger partial charge in [-0.3, -0.25) is 9.78 Å². The average molecular weight is 301 g/mol. The zero-order valence-corrected chi connectivity index (χ0v) is 13.0. The number of thioether (sulfide) groups is 1. The first-order chi connectivity index (χ1) is 10.3. The van der Waals surface area contributed by atoms with Crippen molar-refractivity contribution in [2.45, 2.75) is 18.2 Å². The second-order valence-corrected chi connectivity index (χ2v) is 5.35. The highest BCUT2D eigenvalue weighted by Crippen LogP contribution is 2.25. The Kier molecular flexibility index (Phi) is 5.63. The number of pyridine rings is 1. The lowest BCUT2D eigenvalue weighted by molar-refractivity contribution is 0.102. The van der Waals surface area contributed by atoms with Gasteiger partial charge in [0.1, 0.15) is 0 Å². The Morgan fingerprint density at radius 2 is 2.05 bits per heavy atom. The molecule has 0 atom stereocenters. The van der Waals surface area contributed by atoms with E-state index >= 15 is 0 Å². The third-order valence-corrected chi connectivity index (χ3v) is 3.78. The van der Waals surface area contributed by atoms with Gasteiger partial charge < -0.3 is 10.6 Å². The van der Waals surface area contributed by atoms with Crippen LogP contribution in [0.15, 0.2) is 47.6 Å². The molecule has 5 heteroatoms. The summed E-state index contributed by atoms with van der Waals surface area (Å²) in [6.45, 7) is 2.89. The molecule has 21 heavy (non-hydrogen) atoms. The molecule has 1 aromatic carbocycles. The monoisotopic (exact) mass is 301 g/mol. The van der Waals surface area contributed by atoms with Gasteiger partial charge in [0.2, 0.25) is 0 Å². The third kappa shape index (κ3) is 3.98. The van der Waals surface area contributed by atoms with Crippen LogP contribution < -0.4 is 10.6 Å². The van der Waals surface area contributed by atoms with Crippen LogP contribution in [0.2, 0.25) is 0 Å². The van der Waals surface area contributed by atoms with E-state index in [1.165, 1.54) is 0 Å². The number of hydrogen-bond acceptors (Lipinski definition) is 4. The van der Waals surface area contributed by atoms with Crippen molar-refractivity contribution in [2.24, 2.45) is 0 Å². The maximum absolute atomic E-state index is 12.5. The quantitative estimate of drug-likeness (QED) is 0.795. The first kappa shape index (κ1) is 15.4. The van der Waals surface area contributed by atoms with Crippen molar-refractivity contribution < 1.29 is 4.79 Å². The molecule has 2 aromatic rings. The van der Waals surface area contributed by atoms with Gasteiger partial charge in [-0.25, -0.2) is 0 Å². The van der Waals surface area contributed by atoms with Crippen LogP contribution in [0.1, 0.15) is 23.7 Å². The van der Waals surface area contributed by atoms with Crippen LogP contribution in [0.3, 0.4) is 0 Å². The van der Waals surface area contributed by atoms with Crippen molar-refractivity contribution in [1.82, 2.24) is 4.98 Å². The predicted molar refractivity (Wildman–Crippen MR) is 89.2 cm³/mol. The number of benzene rings is 1. The highest BCUT2D eigenvalue weighted by atomic mass is 32.2. The molecular formula is C16H19N3OS. The molecule has 0 bridgehead atoms. The molecule has 0 saturated heterocycles. The van der Waals surface area contributed by atoms with Gasteiger partial charge in [-0.05, 0) is 30.9 Å². The Morgan fingerprint density at radius 1 is 1.24 bits per heavy atom. The summed E-state index contributed by atoms with van der Waals surface area (Å²) in [6, 6.07) is 9.50. The Labute approximate surface area is 129 Å². The molecule has 0 aliphatic rings. The highest BCUT2D eigenvalue weighted by molar-refractivity contribution is 7.98. The summed E-state index contributed by atoms with van der Waals surface area (Å²) in [4.78, 5) is 17.6. The molecule has 0 radical (unpaired) electrons. The van der Waals surface area contributed by atoms with Gasteiger partial charge in [0, 0.05) is 17.6 Å². The number of amides is 1. The van der Waals surface area contributed by atoms with Crippen molar-refractivity contribution in [3.8, 4) is 0 Å². The largest absolute Gasteiger partial charge is 0.383 e. The summed E-state index contributed by atoms with van der Waals surface area (Å²) < 4.78 is 0. The normalized spacial score (nSPS) is 10.2. The van der Waals surface area contributed by atoms with Gasteiger partial charge >= 0.3 is 0 Å². The Bertz CT molecular complexity index is 616. The van der Waals surface area contributed by atoms with Crippen molar-refractivity contribution in [3.63, 3.8) is 0 Å². The fourth-order valence-electron chi connectivity index (χ4n) is 1.93. The van der Waals surface area contributed by atoms with E-state index in [1.807, 2.05) is 30.5 Å². The smallest absolute Gasteiger partial charge is 0.257 e. The van der Waals surface area contributed by atoms with Crippen molar-refractivity contribution in [2.75, 3.05) is 23.4 Å². The number of nitrogens with zero attached hydrogens (tertiary/aromatic N) is 1. The number of rotatable bonds is 6. The molecule has 2 rings (SSSR count). The number of anilines is 2. The first-order valence-corrected chi connectivity index (χ1v) is 8.11. The molecule has 110 valence electrons. The van der Waals surface area contributed by atoms with E-state index in [0.29, 0.717) is 5.56 Å². The fraction of sp³-hybridized carbons (Fsp3) is 0.250. The SMILES string of the molecule is CCCNc1cnccc1C(=O)Nc1ccccc1SC. The van der Waals surface area contributed by atoms with Crippen molar-refractivity contribution in [3.05, 3.63) is 48.3 Å². The zero-order valence-electron chi connectivity index (χ0n) is 12.2. The molecule has 1 aromatic heterocycles. The topological polar surface area (TPSA) is 54.0 Å². The fourth-order valence-corrected chi connectivity index (χ4v) is 2.48. The molecule has 4 nitrogen and oxygen atoms in total. The summed E-state index contributed by atoms with van der Waals surface area (Å²) in [5, 5.41) is 6.20. The van der Waals surface area contributed by atoms with Crippen LogP contribution in [0, 0.1) is 0 Å². The van der Waals surface area contributed by atoms with Gasteiger partial charge in [-0.15, -0.1) is 11.8 Å². The van der Waals surface area contributed by atoms with Crippen LogP contribution >= 0.6 is 11.8 Å². The average Bonchev–Trinajstić information content (AvgIpc) is 2.53. The standard InChI is InChI=1S/C16H19N3OS/c1-3-9-18-14-11-17-10-8-12(14)16(20)19-13-6-4-5-7-15(13)21-2/h4-8,10-11,18H,3,9H2,1-2H3,(H,19,20). The van der Waals surface area contributed by atoms with Crippen LogP contribution in [0.5, 0.6) is 0 Å². The summed E-state index contributed by atoms with van der Waals surface area (Å²) in [5.41, 5.74) is 2.20. The van der Waals surface area contributed by atoms with E-state index in [4.69, 9.17) is 0 Å². The van der Waals surface area contributed by atoms with Gasteiger partial charge in [0.25, 0.3) is 5.91 Å². The van der Waals surface area contributed by atoms with Gasteiger partial charge in [0.05, 0.1) is 23.1 Å². The van der Waals surface area contributed by atoms with Crippen molar-refractivity contribution >= 4 is 29.0 Å². The van der Waals surface area contributed by atoms with E-state index in [1.54, 1.807) is 30.2 Å². The Hall–Kier alpha value is -2.01. The molecule has 0 saturated carbocycles. The number of carbonyl (C=O) groups excluding carboxylic acids is 1. The van der Waals surface area contributed by atoms with E-state index in [0.717, 1.165) is 29.2 Å². The lowest BCUT2D eigenvalue weighted by atomic mass is 10.2. The van der Waals surface area contributed by atoms with E-state index in [2.05, 4.69) is 22.5 Å².